The van der Waals surface area contributed by atoms with E-state index in [1.807, 2.05) is 0 Å². The molecular weight excluding hydrogens is 225 g/mol. The Morgan fingerprint density at radius 2 is 1.86 bits per heavy atom. The van der Waals surface area contributed by atoms with Crippen molar-refractivity contribution in [3.05, 3.63) is 32.6 Å². The Morgan fingerprint density at radius 3 is 2.29 bits per heavy atom. The molecule has 0 aliphatic rings. The Hall–Kier alpha value is -1.24. The second-order valence-electron chi connectivity index (χ2n) is 2.38. The highest BCUT2D eigenvalue weighted by atomic mass is 35.5. The lowest BCUT2D eigenvalue weighted by atomic mass is 10.4. The van der Waals surface area contributed by atoms with Crippen LogP contribution < -0.4 is 11.2 Å². The number of nitrogens with zero attached hydrogens (tertiary/aromatic N) is 1. The Bertz CT molecular complexity index is 434. The van der Waals surface area contributed by atoms with E-state index in [0.717, 1.165) is 7.05 Å². The molecule has 0 aliphatic carbocycles. The van der Waals surface area contributed by atoms with Crippen molar-refractivity contribution in [2.45, 2.75) is 6.18 Å². The second kappa shape index (κ2) is 3.87. The fourth-order valence-corrected chi connectivity index (χ4v) is 0.828. The molecule has 0 unspecified atom stereocenters. The number of aromatic amines is 1. The second-order valence-corrected chi connectivity index (χ2v) is 2.38. The molecule has 0 bridgehead atoms. The van der Waals surface area contributed by atoms with Crippen LogP contribution in [0.1, 0.15) is 5.69 Å². The van der Waals surface area contributed by atoms with Crippen LogP contribution in [0.2, 0.25) is 0 Å². The average molecular weight is 231 g/mol. The highest BCUT2D eigenvalue weighted by molar-refractivity contribution is 5.85. The van der Waals surface area contributed by atoms with Crippen molar-refractivity contribution in [1.29, 1.82) is 0 Å². The summed E-state index contributed by atoms with van der Waals surface area (Å²) in [6.45, 7) is 0. The average Bonchev–Trinajstić information content (AvgIpc) is 1.94. The molecule has 0 radical (unpaired) electrons. The minimum atomic E-state index is -4.69. The Kier molecular flexibility index (Phi) is 3.53. The lowest BCUT2D eigenvalue weighted by Gasteiger charge is -2.09. The summed E-state index contributed by atoms with van der Waals surface area (Å²) >= 11 is 0. The van der Waals surface area contributed by atoms with E-state index in [1.54, 1.807) is 4.98 Å². The van der Waals surface area contributed by atoms with Gasteiger partial charge in [-0.15, -0.1) is 12.4 Å². The van der Waals surface area contributed by atoms with Gasteiger partial charge in [0.2, 0.25) is 0 Å². The first kappa shape index (κ1) is 12.8. The maximum Gasteiger partial charge on any atom is 0.431 e. The van der Waals surface area contributed by atoms with E-state index < -0.39 is 23.1 Å². The molecule has 80 valence electrons. The molecule has 1 aromatic heterocycles. The van der Waals surface area contributed by atoms with E-state index in [4.69, 9.17) is 0 Å². The first-order valence-corrected chi connectivity index (χ1v) is 3.20. The van der Waals surface area contributed by atoms with Crippen molar-refractivity contribution in [1.82, 2.24) is 9.55 Å². The molecule has 1 N–H and O–H groups in total. The third-order valence-corrected chi connectivity index (χ3v) is 1.45. The fraction of sp³-hybridized carbons (Fsp3) is 0.333. The maximum atomic E-state index is 12.1. The van der Waals surface area contributed by atoms with Crippen LogP contribution >= 0.6 is 12.4 Å². The zero-order chi connectivity index (χ0) is 10.2. The van der Waals surface area contributed by atoms with Crippen molar-refractivity contribution in [3.8, 4) is 0 Å². The SMILES string of the molecule is Cl.Cn1c(C(F)(F)F)cc(=O)[nH]c1=O. The van der Waals surface area contributed by atoms with Gasteiger partial charge in [0.25, 0.3) is 5.56 Å². The lowest BCUT2D eigenvalue weighted by molar-refractivity contribution is -0.144. The molecule has 1 aromatic rings. The van der Waals surface area contributed by atoms with Gasteiger partial charge >= 0.3 is 11.9 Å². The number of hydrogen-bond acceptors (Lipinski definition) is 2. The largest absolute Gasteiger partial charge is 0.431 e. The van der Waals surface area contributed by atoms with Gasteiger partial charge in [0.1, 0.15) is 5.69 Å². The first-order chi connectivity index (χ1) is 5.82. The topological polar surface area (TPSA) is 54.9 Å². The van der Waals surface area contributed by atoms with Crippen LogP contribution in [-0.4, -0.2) is 9.55 Å². The minimum Gasteiger partial charge on any atom is -0.292 e. The monoisotopic (exact) mass is 230 g/mol. The Morgan fingerprint density at radius 1 is 1.36 bits per heavy atom. The molecule has 1 heterocycles. The summed E-state index contributed by atoms with van der Waals surface area (Å²) in [5.74, 6) is 0. The molecular formula is C6H6ClF3N2O2. The maximum absolute atomic E-state index is 12.1. The predicted octanol–water partition coefficient (Wildman–Crippen LogP) is 0.514. The number of halogens is 4. The number of aromatic nitrogens is 2. The highest BCUT2D eigenvalue weighted by Gasteiger charge is 2.34. The van der Waals surface area contributed by atoms with Crippen molar-refractivity contribution in [2.75, 3.05) is 0 Å². The van der Waals surface area contributed by atoms with Gasteiger partial charge in [-0.3, -0.25) is 14.3 Å². The van der Waals surface area contributed by atoms with E-state index in [0.29, 0.717) is 10.6 Å². The molecule has 0 fully saturated rings. The summed E-state index contributed by atoms with van der Waals surface area (Å²) in [6.07, 6.45) is -4.69. The van der Waals surface area contributed by atoms with Crippen LogP contribution in [0.5, 0.6) is 0 Å². The molecule has 0 spiro atoms. The molecule has 8 heteroatoms. The zero-order valence-corrected chi connectivity index (χ0v) is 7.70. The van der Waals surface area contributed by atoms with Crippen molar-refractivity contribution >= 4 is 12.4 Å². The smallest absolute Gasteiger partial charge is 0.292 e. The van der Waals surface area contributed by atoms with Gasteiger partial charge in [-0.05, 0) is 0 Å². The Labute approximate surface area is 81.8 Å². The van der Waals surface area contributed by atoms with Crippen LogP contribution in [0.15, 0.2) is 15.7 Å². The highest BCUT2D eigenvalue weighted by Crippen LogP contribution is 2.26. The van der Waals surface area contributed by atoms with Gasteiger partial charge in [-0.25, -0.2) is 4.79 Å². The molecule has 1 rings (SSSR count). The van der Waals surface area contributed by atoms with E-state index in [-0.39, 0.29) is 12.4 Å². The van der Waals surface area contributed by atoms with Crippen LogP contribution in [0.4, 0.5) is 13.2 Å². The van der Waals surface area contributed by atoms with E-state index in [9.17, 15) is 22.8 Å². The molecule has 14 heavy (non-hydrogen) atoms. The molecule has 4 nitrogen and oxygen atoms in total. The van der Waals surface area contributed by atoms with E-state index in [2.05, 4.69) is 0 Å². The van der Waals surface area contributed by atoms with Crippen LogP contribution in [-0.2, 0) is 13.2 Å². The molecule has 0 saturated heterocycles. The molecule has 0 aliphatic heterocycles. The van der Waals surface area contributed by atoms with Crippen molar-refractivity contribution in [2.24, 2.45) is 7.05 Å². The zero-order valence-electron chi connectivity index (χ0n) is 6.88. The predicted molar refractivity (Wildman–Crippen MR) is 44.6 cm³/mol. The lowest BCUT2D eigenvalue weighted by Crippen LogP contribution is -2.33. The van der Waals surface area contributed by atoms with Gasteiger partial charge in [0.15, 0.2) is 0 Å². The van der Waals surface area contributed by atoms with Crippen LogP contribution in [0, 0.1) is 0 Å². The first-order valence-electron chi connectivity index (χ1n) is 3.20. The minimum absolute atomic E-state index is 0. The summed E-state index contributed by atoms with van der Waals surface area (Å²) < 4.78 is 36.6. The third-order valence-electron chi connectivity index (χ3n) is 1.45. The summed E-state index contributed by atoms with van der Waals surface area (Å²) in [5, 5.41) is 0. The molecule has 0 saturated carbocycles. The standard InChI is InChI=1S/C6H5F3N2O2.ClH/c1-11-3(6(7,8)9)2-4(12)10-5(11)13;/h2H,1H3,(H,10,12,13);1H. The van der Waals surface area contributed by atoms with Gasteiger partial charge in [0, 0.05) is 13.1 Å². The number of hydrogen-bond donors (Lipinski definition) is 1. The number of rotatable bonds is 0. The van der Waals surface area contributed by atoms with Gasteiger partial charge in [-0.2, -0.15) is 13.2 Å². The molecule has 0 aromatic carbocycles. The molecule has 0 atom stereocenters. The quantitative estimate of drug-likeness (QED) is 0.706. The van der Waals surface area contributed by atoms with E-state index in [1.165, 1.54) is 0 Å². The summed E-state index contributed by atoms with van der Waals surface area (Å²) in [7, 11) is 0.932. The van der Waals surface area contributed by atoms with Crippen LogP contribution in [0.3, 0.4) is 0 Å². The van der Waals surface area contributed by atoms with Crippen molar-refractivity contribution < 1.29 is 13.2 Å². The number of nitrogens with one attached hydrogen (secondary N) is 1. The van der Waals surface area contributed by atoms with Crippen LogP contribution in [0.25, 0.3) is 0 Å². The summed E-state index contributed by atoms with van der Waals surface area (Å²) in [4.78, 5) is 23.0. The number of H-pyrrole nitrogens is 1. The normalized spacial score (nSPS) is 10.9. The van der Waals surface area contributed by atoms with Gasteiger partial charge < -0.3 is 0 Å². The van der Waals surface area contributed by atoms with E-state index >= 15 is 0 Å². The fourth-order valence-electron chi connectivity index (χ4n) is 0.828. The third kappa shape index (κ3) is 2.38. The summed E-state index contributed by atoms with van der Waals surface area (Å²) in [6, 6.07) is 0.335. The number of alkyl halides is 3. The molecule has 0 amide bonds. The Balaban J connectivity index is 0.00000169. The van der Waals surface area contributed by atoms with Crippen molar-refractivity contribution in [3.63, 3.8) is 0 Å². The van der Waals surface area contributed by atoms with Gasteiger partial charge in [-0.1, -0.05) is 0 Å². The van der Waals surface area contributed by atoms with Gasteiger partial charge in [0.05, 0.1) is 0 Å². The summed E-state index contributed by atoms with van der Waals surface area (Å²) in [5.41, 5.74) is -3.41.